The van der Waals surface area contributed by atoms with Crippen LogP contribution in [-0.2, 0) is 0 Å². The molecule has 4 nitrogen and oxygen atoms in total. The average molecular weight is 304 g/mol. The minimum Gasteiger partial charge on any atom is -0.506 e. The molecule has 0 fully saturated rings. The van der Waals surface area contributed by atoms with E-state index in [0.717, 1.165) is 0 Å². The van der Waals surface area contributed by atoms with E-state index in [1.807, 2.05) is 0 Å². The molecule has 1 rings (SSSR count). The molecular weight excluding hydrogens is 293 g/mol. The fraction of sp³-hybridized carbons (Fsp3) is 0.0909. The van der Waals surface area contributed by atoms with E-state index in [-0.39, 0.29) is 10.8 Å². The summed E-state index contributed by atoms with van der Waals surface area (Å²) >= 11 is 16.5. The predicted molar refractivity (Wildman–Crippen MR) is 79.7 cm³/mol. The van der Waals surface area contributed by atoms with Crippen molar-refractivity contribution in [2.24, 2.45) is 5.10 Å². The highest BCUT2D eigenvalue weighted by Gasteiger charge is 2.05. The van der Waals surface area contributed by atoms with E-state index in [4.69, 9.17) is 35.4 Å². The van der Waals surface area contributed by atoms with Gasteiger partial charge in [-0.1, -0.05) is 29.3 Å². The molecule has 96 valence electrons. The standard InChI is InChI=1S/C11H11Cl2N3OS/c1-2-3-14-11(18)16-15-6-7-4-8(12)5-9(13)10(7)17/h2,4-6,17H,1,3H2,(H2,14,16,18)/b15-6+. The van der Waals surface area contributed by atoms with Crippen LogP contribution in [0.1, 0.15) is 5.56 Å². The maximum Gasteiger partial charge on any atom is 0.187 e. The van der Waals surface area contributed by atoms with Crippen LogP contribution in [0.2, 0.25) is 10.0 Å². The molecule has 0 atom stereocenters. The van der Waals surface area contributed by atoms with Gasteiger partial charge in [0.05, 0.1) is 11.2 Å². The Kier molecular flexibility index (Phi) is 5.91. The first kappa shape index (κ1) is 14.8. The van der Waals surface area contributed by atoms with Gasteiger partial charge in [0.1, 0.15) is 5.75 Å². The lowest BCUT2D eigenvalue weighted by atomic mass is 10.2. The molecule has 1 aromatic carbocycles. The van der Waals surface area contributed by atoms with Crippen molar-refractivity contribution in [3.63, 3.8) is 0 Å². The fourth-order valence-electron chi connectivity index (χ4n) is 1.05. The van der Waals surface area contributed by atoms with Gasteiger partial charge >= 0.3 is 0 Å². The maximum atomic E-state index is 9.66. The molecule has 0 aromatic heterocycles. The third kappa shape index (κ3) is 4.52. The predicted octanol–water partition coefficient (Wildman–Crippen LogP) is 2.68. The normalized spacial score (nSPS) is 10.3. The molecule has 0 aliphatic heterocycles. The second-order valence-corrected chi connectivity index (χ2v) is 4.45. The van der Waals surface area contributed by atoms with Gasteiger partial charge in [0.2, 0.25) is 0 Å². The summed E-state index contributed by atoms with van der Waals surface area (Å²) in [6.07, 6.45) is 3.04. The van der Waals surface area contributed by atoms with E-state index in [0.29, 0.717) is 22.2 Å². The molecule has 0 aliphatic rings. The summed E-state index contributed by atoms with van der Waals surface area (Å²) in [5.74, 6) is -0.0865. The summed E-state index contributed by atoms with van der Waals surface area (Å²) in [6, 6.07) is 2.98. The molecule has 0 spiro atoms. The Hall–Kier alpha value is -1.30. The number of halogens is 2. The molecule has 0 aliphatic carbocycles. The minimum atomic E-state index is -0.0865. The van der Waals surface area contributed by atoms with Crippen molar-refractivity contribution in [2.75, 3.05) is 6.54 Å². The molecular formula is C11H11Cl2N3OS. The summed E-state index contributed by atoms with van der Waals surface area (Å²) in [4.78, 5) is 0. The van der Waals surface area contributed by atoms with Gasteiger partial charge in [-0.25, -0.2) is 0 Å². The zero-order valence-electron chi connectivity index (χ0n) is 9.28. The smallest absolute Gasteiger partial charge is 0.187 e. The van der Waals surface area contributed by atoms with E-state index < -0.39 is 0 Å². The zero-order valence-corrected chi connectivity index (χ0v) is 11.6. The fourth-order valence-corrected chi connectivity index (χ4v) is 1.69. The Labute approximate surface area is 120 Å². The first-order chi connectivity index (χ1) is 8.54. The SMILES string of the molecule is C=CCNC(=S)N/N=C/c1cc(Cl)cc(Cl)c1O. The van der Waals surface area contributed by atoms with Gasteiger partial charge in [-0.05, 0) is 24.4 Å². The molecule has 0 radical (unpaired) electrons. The van der Waals surface area contributed by atoms with Crippen molar-refractivity contribution in [3.8, 4) is 5.75 Å². The largest absolute Gasteiger partial charge is 0.506 e. The second-order valence-electron chi connectivity index (χ2n) is 3.19. The molecule has 0 unspecified atom stereocenters. The van der Waals surface area contributed by atoms with E-state index >= 15 is 0 Å². The van der Waals surface area contributed by atoms with Gasteiger partial charge < -0.3 is 10.4 Å². The molecule has 0 amide bonds. The number of hydrazone groups is 1. The van der Waals surface area contributed by atoms with E-state index in [2.05, 4.69) is 22.4 Å². The number of hydrogen-bond acceptors (Lipinski definition) is 3. The van der Waals surface area contributed by atoms with Gasteiger partial charge in [0.25, 0.3) is 0 Å². The van der Waals surface area contributed by atoms with E-state index in [1.165, 1.54) is 18.3 Å². The quantitative estimate of drug-likeness (QED) is 0.346. The van der Waals surface area contributed by atoms with Crippen molar-refractivity contribution >= 4 is 46.7 Å². The van der Waals surface area contributed by atoms with Crippen molar-refractivity contribution < 1.29 is 5.11 Å². The molecule has 18 heavy (non-hydrogen) atoms. The summed E-state index contributed by atoms with van der Waals surface area (Å²) in [5.41, 5.74) is 2.97. The van der Waals surface area contributed by atoms with Crippen LogP contribution in [0.3, 0.4) is 0 Å². The third-order valence-corrected chi connectivity index (χ3v) is 2.58. The van der Waals surface area contributed by atoms with Gasteiger partial charge in [-0.2, -0.15) is 5.10 Å². The highest BCUT2D eigenvalue weighted by molar-refractivity contribution is 7.80. The Bertz CT molecular complexity index is 491. The number of phenolic OH excluding ortho intramolecular Hbond substituents is 1. The van der Waals surface area contributed by atoms with Gasteiger partial charge in [0, 0.05) is 17.1 Å². The van der Waals surface area contributed by atoms with Gasteiger partial charge in [-0.15, -0.1) is 6.58 Å². The highest BCUT2D eigenvalue weighted by atomic mass is 35.5. The topological polar surface area (TPSA) is 56.7 Å². The van der Waals surface area contributed by atoms with Crippen molar-refractivity contribution in [2.45, 2.75) is 0 Å². The number of nitrogens with one attached hydrogen (secondary N) is 2. The van der Waals surface area contributed by atoms with E-state index in [1.54, 1.807) is 6.08 Å². The minimum absolute atomic E-state index is 0.0865. The van der Waals surface area contributed by atoms with E-state index in [9.17, 15) is 5.11 Å². The Balaban J connectivity index is 2.67. The third-order valence-electron chi connectivity index (χ3n) is 1.83. The molecule has 1 aromatic rings. The molecule has 0 saturated heterocycles. The van der Waals surface area contributed by atoms with Crippen LogP contribution in [0.5, 0.6) is 5.75 Å². The lowest BCUT2D eigenvalue weighted by Crippen LogP contribution is -2.31. The van der Waals surface area contributed by atoms with Crippen LogP contribution in [-0.4, -0.2) is 23.0 Å². The number of hydrogen-bond donors (Lipinski definition) is 3. The number of nitrogens with zero attached hydrogens (tertiary/aromatic N) is 1. The molecule has 7 heteroatoms. The average Bonchev–Trinajstić information content (AvgIpc) is 2.32. The summed E-state index contributed by atoms with van der Waals surface area (Å²) < 4.78 is 0. The summed E-state index contributed by atoms with van der Waals surface area (Å²) in [7, 11) is 0. The highest BCUT2D eigenvalue weighted by Crippen LogP contribution is 2.29. The Morgan fingerprint density at radius 1 is 1.50 bits per heavy atom. The summed E-state index contributed by atoms with van der Waals surface area (Å²) in [6.45, 7) is 4.08. The first-order valence-electron chi connectivity index (χ1n) is 4.90. The Morgan fingerprint density at radius 3 is 2.89 bits per heavy atom. The van der Waals surface area contributed by atoms with Crippen LogP contribution in [0.15, 0.2) is 29.9 Å². The lowest BCUT2D eigenvalue weighted by Gasteiger charge is -2.04. The van der Waals surface area contributed by atoms with Crippen LogP contribution in [0.25, 0.3) is 0 Å². The zero-order chi connectivity index (χ0) is 13.5. The molecule has 3 N–H and O–H groups in total. The van der Waals surface area contributed by atoms with Crippen molar-refractivity contribution in [3.05, 3.63) is 40.4 Å². The maximum absolute atomic E-state index is 9.66. The number of aromatic hydroxyl groups is 1. The van der Waals surface area contributed by atoms with Crippen LogP contribution in [0, 0.1) is 0 Å². The van der Waals surface area contributed by atoms with Crippen LogP contribution < -0.4 is 10.7 Å². The monoisotopic (exact) mass is 303 g/mol. The number of rotatable bonds is 4. The van der Waals surface area contributed by atoms with Crippen LogP contribution in [0.4, 0.5) is 0 Å². The number of benzene rings is 1. The summed E-state index contributed by atoms with van der Waals surface area (Å²) in [5, 5.41) is 17.3. The molecule has 0 bridgehead atoms. The first-order valence-corrected chi connectivity index (χ1v) is 6.07. The molecule has 0 heterocycles. The lowest BCUT2D eigenvalue weighted by molar-refractivity contribution is 0.474. The Morgan fingerprint density at radius 2 is 2.22 bits per heavy atom. The number of thiocarbonyl (C=S) groups is 1. The van der Waals surface area contributed by atoms with Gasteiger partial charge in [0.15, 0.2) is 5.11 Å². The van der Waals surface area contributed by atoms with Crippen LogP contribution >= 0.6 is 35.4 Å². The number of phenols is 1. The van der Waals surface area contributed by atoms with Crippen molar-refractivity contribution in [1.29, 1.82) is 0 Å². The van der Waals surface area contributed by atoms with Crippen molar-refractivity contribution in [1.82, 2.24) is 10.7 Å². The molecule has 0 saturated carbocycles. The van der Waals surface area contributed by atoms with Gasteiger partial charge in [-0.3, -0.25) is 5.43 Å². The second kappa shape index (κ2) is 7.20.